The van der Waals surface area contributed by atoms with Crippen LogP contribution in [0.4, 0.5) is 11.4 Å². The first kappa shape index (κ1) is 17.8. The lowest BCUT2D eigenvalue weighted by atomic mass is 10.1. The van der Waals surface area contributed by atoms with Gasteiger partial charge in [0, 0.05) is 23.5 Å². The van der Waals surface area contributed by atoms with Crippen LogP contribution in [0.3, 0.4) is 0 Å². The third-order valence-electron chi connectivity index (χ3n) is 4.63. The van der Waals surface area contributed by atoms with Crippen LogP contribution in [0.5, 0.6) is 0 Å². The molecule has 7 heteroatoms. The van der Waals surface area contributed by atoms with Crippen molar-refractivity contribution in [1.82, 2.24) is 5.32 Å². The second kappa shape index (κ2) is 7.21. The highest BCUT2D eigenvalue weighted by Crippen LogP contribution is 2.32. The van der Waals surface area contributed by atoms with Crippen LogP contribution in [0.2, 0.25) is 5.02 Å². The number of anilines is 2. The molecule has 1 saturated heterocycles. The molecule has 27 heavy (non-hydrogen) atoms. The van der Waals surface area contributed by atoms with Crippen LogP contribution in [0.25, 0.3) is 10.1 Å². The molecule has 3 aromatic rings. The predicted molar refractivity (Wildman–Crippen MR) is 111 cm³/mol. The van der Waals surface area contributed by atoms with Gasteiger partial charge in [0.25, 0.3) is 5.91 Å². The van der Waals surface area contributed by atoms with E-state index in [1.165, 1.54) is 11.3 Å². The fourth-order valence-electron chi connectivity index (χ4n) is 3.26. The number of rotatable bonds is 3. The minimum atomic E-state index is -0.144. The van der Waals surface area contributed by atoms with Gasteiger partial charge in [0.2, 0.25) is 5.91 Å². The Kier molecular flexibility index (Phi) is 4.76. The maximum Gasteiger partial charge on any atom is 0.266 e. The Labute approximate surface area is 165 Å². The van der Waals surface area contributed by atoms with Crippen LogP contribution in [-0.4, -0.2) is 31.4 Å². The quantitative estimate of drug-likeness (QED) is 0.698. The number of fused-ring (bicyclic) bond motifs is 1. The molecular formula is C20H18ClN3O2S. The normalized spacial score (nSPS) is 14.3. The minimum Gasteiger partial charge on any atom is -0.359 e. The molecule has 0 saturated carbocycles. The van der Waals surface area contributed by atoms with Gasteiger partial charge in [0.15, 0.2) is 0 Å². The highest BCUT2D eigenvalue weighted by molar-refractivity contribution is 7.21. The van der Waals surface area contributed by atoms with E-state index >= 15 is 0 Å². The number of carbonyl (C=O) groups excluding carboxylic acids is 2. The molecule has 1 aliphatic heterocycles. The number of amides is 2. The lowest BCUT2D eigenvalue weighted by Crippen LogP contribution is -2.47. The molecule has 1 fully saturated rings. The number of benzene rings is 2. The van der Waals surface area contributed by atoms with Gasteiger partial charge >= 0.3 is 0 Å². The van der Waals surface area contributed by atoms with Crippen molar-refractivity contribution in [2.75, 3.05) is 29.9 Å². The minimum absolute atomic E-state index is 0.0186. The highest BCUT2D eigenvalue weighted by atomic mass is 35.5. The molecule has 0 atom stereocenters. The number of thiophene rings is 1. The smallest absolute Gasteiger partial charge is 0.266 e. The second-order valence-electron chi connectivity index (χ2n) is 6.44. The first-order valence-electron chi connectivity index (χ1n) is 8.63. The lowest BCUT2D eigenvalue weighted by Gasteiger charge is -2.29. The van der Waals surface area contributed by atoms with E-state index in [0.29, 0.717) is 28.7 Å². The van der Waals surface area contributed by atoms with E-state index in [2.05, 4.69) is 10.6 Å². The van der Waals surface area contributed by atoms with Crippen molar-refractivity contribution in [1.29, 1.82) is 0 Å². The van der Waals surface area contributed by atoms with Crippen molar-refractivity contribution >= 4 is 56.2 Å². The SMILES string of the molecule is Cc1c(C(=O)Nc2ccc(N3CCNC(=O)C3)c(Cl)c2)sc2ccccc12. The van der Waals surface area contributed by atoms with Gasteiger partial charge in [-0.3, -0.25) is 9.59 Å². The first-order chi connectivity index (χ1) is 13.0. The Morgan fingerprint density at radius 3 is 2.81 bits per heavy atom. The van der Waals surface area contributed by atoms with Crippen LogP contribution in [0, 0.1) is 6.92 Å². The van der Waals surface area contributed by atoms with Gasteiger partial charge in [0.1, 0.15) is 0 Å². The van der Waals surface area contributed by atoms with Crippen LogP contribution in [-0.2, 0) is 4.79 Å². The summed E-state index contributed by atoms with van der Waals surface area (Å²) in [6.45, 7) is 3.55. The summed E-state index contributed by atoms with van der Waals surface area (Å²) in [6, 6.07) is 13.4. The Bertz CT molecular complexity index is 1050. The van der Waals surface area contributed by atoms with Crippen molar-refractivity contribution in [3.8, 4) is 0 Å². The molecule has 0 bridgehead atoms. The Hall–Kier alpha value is -2.57. The largest absolute Gasteiger partial charge is 0.359 e. The molecule has 4 rings (SSSR count). The molecule has 1 aromatic heterocycles. The Morgan fingerprint density at radius 1 is 1.26 bits per heavy atom. The van der Waals surface area contributed by atoms with E-state index in [4.69, 9.17) is 11.6 Å². The lowest BCUT2D eigenvalue weighted by molar-refractivity contribution is -0.120. The van der Waals surface area contributed by atoms with Gasteiger partial charge in [-0.05, 0) is 42.1 Å². The van der Waals surface area contributed by atoms with Crippen LogP contribution < -0.4 is 15.5 Å². The molecule has 2 N–H and O–H groups in total. The molecule has 2 amide bonds. The number of piperazine rings is 1. The highest BCUT2D eigenvalue weighted by Gasteiger charge is 2.20. The van der Waals surface area contributed by atoms with Gasteiger partial charge < -0.3 is 15.5 Å². The number of hydrogen-bond acceptors (Lipinski definition) is 4. The monoisotopic (exact) mass is 399 g/mol. The summed E-state index contributed by atoms with van der Waals surface area (Å²) in [4.78, 5) is 27.0. The Morgan fingerprint density at radius 2 is 2.07 bits per heavy atom. The summed E-state index contributed by atoms with van der Waals surface area (Å²) in [5.74, 6) is -0.162. The zero-order valence-electron chi connectivity index (χ0n) is 14.7. The summed E-state index contributed by atoms with van der Waals surface area (Å²) < 4.78 is 1.09. The number of nitrogens with zero attached hydrogens (tertiary/aromatic N) is 1. The van der Waals surface area contributed by atoms with Gasteiger partial charge in [-0.25, -0.2) is 0 Å². The van der Waals surface area contributed by atoms with Gasteiger partial charge in [0.05, 0.1) is 22.1 Å². The zero-order valence-corrected chi connectivity index (χ0v) is 16.3. The van der Waals surface area contributed by atoms with Crippen molar-refractivity contribution in [3.63, 3.8) is 0 Å². The third-order valence-corrected chi connectivity index (χ3v) is 6.21. The van der Waals surface area contributed by atoms with Crippen molar-refractivity contribution in [2.45, 2.75) is 6.92 Å². The zero-order chi connectivity index (χ0) is 19.0. The summed E-state index contributed by atoms with van der Waals surface area (Å²) in [5, 5.41) is 7.33. The number of nitrogens with one attached hydrogen (secondary N) is 2. The van der Waals surface area contributed by atoms with Crippen molar-refractivity contribution < 1.29 is 9.59 Å². The first-order valence-corrected chi connectivity index (χ1v) is 9.83. The number of carbonyl (C=O) groups is 2. The average Bonchev–Trinajstić information content (AvgIpc) is 2.99. The summed E-state index contributed by atoms with van der Waals surface area (Å²) in [7, 11) is 0. The number of halogens is 1. The number of hydrogen-bond donors (Lipinski definition) is 2. The van der Waals surface area contributed by atoms with Crippen LogP contribution >= 0.6 is 22.9 Å². The molecule has 0 radical (unpaired) electrons. The maximum atomic E-state index is 12.7. The molecule has 138 valence electrons. The van der Waals surface area contributed by atoms with E-state index in [1.807, 2.05) is 48.2 Å². The summed E-state index contributed by atoms with van der Waals surface area (Å²) in [6.07, 6.45) is 0. The summed E-state index contributed by atoms with van der Waals surface area (Å²) in [5.41, 5.74) is 2.41. The van der Waals surface area contributed by atoms with Gasteiger partial charge in [-0.2, -0.15) is 0 Å². The second-order valence-corrected chi connectivity index (χ2v) is 7.90. The molecule has 0 unspecified atom stereocenters. The molecule has 2 aromatic carbocycles. The van der Waals surface area contributed by atoms with Gasteiger partial charge in [-0.1, -0.05) is 29.8 Å². The molecule has 0 aliphatic carbocycles. The van der Waals surface area contributed by atoms with E-state index in [1.54, 1.807) is 6.07 Å². The van der Waals surface area contributed by atoms with E-state index < -0.39 is 0 Å². The standard InChI is InChI=1S/C20H18ClN3O2S/c1-12-14-4-2-3-5-17(14)27-19(12)20(26)23-13-6-7-16(15(21)10-13)24-9-8-22-18(25)11-24/h2-7,10H,8-9,11H2,1H3,(H,22,25)(H,23,26). The fourth-order valence-corrected chi connectivity index (χ4v) is 4.67. The molecule has 1 aliphatic rings. The van der Waals surface area contributed by atoms with Crippen molar-refractivity contribution in [3.05, 3.63) is 57.9 Å². The van der Waals surface area contributed by atoms with Crippen molar-refractivity contribution in [2.24, 2.45) is 0 Å². The van der Waals surface area contributed by atoms with Crippen LogP contribution in [0.15, 0.2) is 42.5 Å². The van der Waals surface area contributed by atoms with Gasteiger partial charge in [-0.15, -0.1) is 11.3 Å². The molecule has 5 nitrogen and oxygen atoms in total. The molecule has 0 spiro atoms. The van der Waals surface area contributed by atoms with E-state index in [0.717, 1.165) is 21.3 Å². The summed E-state index contributed by atoms with van der Waals surface area (Å²) >= 11 is 7.90. The molecular weight excluding hydrogens is 382 g/mol. The van der Waals surface area contributed by atoms with E-state index in [9.17, 15) is 9.59 Å². The average molecular weight is 400 g/mol. The van der Waals surface area contributed by atoms with E-state index in [-0.39, 0.29) is 18.4 Å². The van der Waals surface area contributed by atoms with Crippen LogP contribution in [0.1, 0.15) is 15.2 Å². The predicted octanol–water partition coefficient (Wildman–Crippen LogP) is 4.05. The third kappa shape index (κ3) is 3.50. The topological polar surface area (TPSA) is 61.4 Å². The molecule has 2 heterocycles. The maximum absolute atomic E-state index is 12.7. The fraction of sp³-hybridized carbons (Fsp3) is 0.200. The Balaban J connectivity index is 1.55. The number of aryl methyl sites for hydroxylation is 1.